The fourth-order valence-corrected chi connectivity index (χ4v) is 2.86. The highest BCUT2D eigenvalue weighted by Crippen LogP contribution is 2.15. The number of carbonyl (C=O) groups is 1. The number of carbonyl (C=O) groups excluding carboxylic acids is 1. The van der Waals surface area contributed by atoms with Crippen LogP contribution in [0.25, 0.3) is 10.9 Å². The van der Waals surface area contributed by atoms with Crippen molar-refractivity contribution >= 4 is 45.1 Å². The molecule has 7 heteroatoms. The molecule has 24 heavy (non-hydrogen) atoms. The fraction of sp³-hybridized carbons (Fsp3) is 0.412. The van der Waals surface area contributed by atoms with Gasteiger partial charge in [-0.05, 0) is 44.3 Å². The van der Waals surface area contributed by atoms with Gasteiger partial charge in [0.05, 0.1) is 5.52 Å². The zero-order valence-corrected chi connectivity index (χ0v) is 16.3. The van der Waals surface area contributed by atoms with Crippen molar-refractivity contribution in [2.45, 2.75) is 20.3 Å². The molecule has 0 fully saturated rings. The van der Waals surface area contributed by atoms with Gasteiger partial charge in [0.1, 0.15) is 5.56 Å². The normalized spacial score (nSPS) is 10.7. The number of benzene rings is 1. The molecule has 0 saturated carbocycles. The van der Waals surface area contributed by atoms with E-state index < -0.39 is 0 Å². The molecule has 5 nitrogen and oxygen atoms in total. The number of halogens is 2. The van der Waals surface area contributed by atoms with Gasteiger partial charge in [0, 0.05) is 22.6 Å². The van der Waals surface area contributed by atoms with Crippen LogP contribution in [0.5, 0.6) is 0 Å². The second kappa shape index (κ2) is 9.81. The van der Waals surface area contributed by atoms with Gasteiger partial charge in [0.15, 0.2) is 0 Å². The summed E-state index contributed by atoms with van der Waals surface area (Å²) < 4.78 is 0.884. The topological polar surface area (TPSA) is 65.2 Å². The molecule has 0 aliphatic carbocycles. The van der Waals surface area contributed by atoms with Gasteiger partial charge in [0.25, 0.3) is 5.91 Å². The first-order chi connectivity index (χ1) is 11.1. The number of aromatic amines is 1. The van der Waals surface area contributed by atoms with E-state index in [1.54, 1.807) is 12.1 Å². The maximum atomic E-state index is 12.4. The molecule has 0 radical (unpaired) electrons. The molecule has 0 unspecified atom stereocenters. The van der Waals surface area contributed by atoms with Crippen molar-refractivity contribution in [3.05, 3.63) is 44.7 Å². The van der Waals surface area contributed by atoms with E-state index >= 15 is 0 Å². The highest BCUT2D eigenvalue weighted by atomic mass is 79.9. The average molecular weight is 417 g/mol. The number of H-pyrrole nitrogens is 1. The largest absolute Gasteiger partial charge is 0.360 e. The average Bonchev–Trinajstić information content (AvgIpc) is 2.55. The SMILES string of the molecule is CCN(CC)CCCNC(=O)c1c[nH]c2cc(Br)ccc2c1=O.Cl. The number of pyridine rings is 1. The third kappa shape index (κ3) is 5.06. The summed E-state index contributed by atoms with van der Waals surface area (Å²) in [5, 5.41) is 3.34. The molecule has 2 aromatic rings. The first kappa shape index (κ1) is 20.7. The van der Waals surface area contributed by atoms with E-state index in [2.05, 4.69) is 45.0 Å². The second-order valence-electron chi connectivity index (χ2n) is 5.36. The van der Waals surface area contributed by atoms with Gasteiger partial charge in [-0.3, -0.25) is 9.59 Å². The molecule has 1 aromatic heterocycles. The van der Waals surface area contributed by atoms with Crippen LogP contribution in [0.2, 0.25) is 0 Å². The van der Waals surface area contributed by atoms with Crippen molar-refractivity contribution in [3.8, 4) is 0 Å². The van der Waals surface area contributed by atoms with Crippen LogP contribution in [0.3, 0.4) is 0 Å². The standard InChI is InChI=1S/C17H22BrN3O2.ClH/c1-3-21(4-2)9-5-8-19-17(23)14-11-20-15-10-12(18)6-7-13(15)16(14)22;/h6-7,10-11H,3-5,8-9H2,1-2H3,(H,19,23)(H,20,22);1H. The number of aromatic nitrogens is 1. The number of fused-ring (bicyclic) bond motifs is 1. The zero-order chi connectivity index (χ0) is 16.8. The van der Waals surface area contributed by atoms with E-state index in [-0.39, 0.29) is 29.3 Å². The quantitative estimate of drug-likeness (QED) is 0.681. The highest BCUT2D eigenvalue weighted by Gasteiger charge is 2.12. The van der Waals surface area contributed by atoms with Gasteiger partial charge in [-0.1, -0.05) is 29.8 Å². The van der Waals surface area contributed by atoms with Crippen LogP contribution in [0.15, 0.2) is 33.7 Å². The molecule has 132 valence electrons. The molecule has 0 bridgehead atoms. The summed E-state index contributed by atoms with van der Waals surface area (Å²) in [4.78, 5) is 29.9. The predicted molar refractivity (Wildman–Crippen MR) is 104 cm³/mol. The second-order valence-corrected chi connectivity index (χ2v) is 6.27. The zero-order valence-electron chi connectivity index (χ0n) is 13.9. The molecule has 0 aliphatic rings. The minimum atomic E-state index is -0.324. The molecule has 2 rings (SSSR count). The van der Waals surface area contributed by atoms with Crippen LogP contribution < -0.4 is 10.7 Å². The molecule has 0 aliphatic heterocycles. The third-order valence-corrected chi connectivity index (χ3v) is 4.41. The van der Waals surface area contributed by atoms with Gasteiger partial charge in [-0.2, -0.15) is 0 Å². The number of nitrogens with one attached hydrogen (secondary N) is 2. The summed E-state index contributed by atoms with van der Waals surface area (Å²) in [7, 11) is 0. The molecule has 1 heterocycles. The van der Waals surface area contributed by atoms with Crippen molar-refractivity contribution in [3.63, 3.8) is 0 Å². The predicted octanol–water partition coefficient (Wildman–Crippen LogP) is 3.17. The number of amides is 1. The van der Waals surface area contributed by atoms with Gasteiger partial charge in [-0.15, -0.1) is 12.4 Å². The smallest absolute Gasteiger partial charge is 0.256 e. The van der Waals surface area contributed by atoms with Crippen molar-refractivity contribution < 1.29 is 4.79 Å². The molecule has 2 N–H and O–H groups in total. The van der Waals surface area contributed by atoms with E-state index in [0.29, 0.717) is 17.4 Å². The van der Waals surface area contributed by atoms with E-state index in [1.165, 1.54) is 6.20 Å². The molecule has 0 atom stereocenters. The van der Waals surface area contributed by atoms with E-state index in [0.717, 1.165) is 30.5 Å². The number of rotatable bonds is 7. The van der Waals surface area contributed by atoms with Crippen LogP contribution in [0.4, 0.5) is 0 Å². The summed E-state index contributed by atoms with van der Waals surface area (Å²) in [6, 6.07) is 5.33. The highest BCUT2D eigenvalue weighted by molar-refractivity contribution is 9.10. The summed E-state index contributed by atoms with van der Waals surface area (Å²) in [6.07, 6.45) is 2.35. The molecule has 0 saturated heterocycles. The minimum Gasteiger partial charge on any atom is -0.360 e. The van der Waals surface area contributed by atoms with Crippen LogP contribution in [0, 0.1) is 0 Å². The number of nitrogens with zero attached hydrogens (tertiary/aromatic N) is 1. The van der Waals surface area contributed by atoms with Crippen molar-refractivity contribution in [1.29, 1.82) is 0 Å². The van der Waals surface area contributed by atoms with E-state index in [1.807, 2.05) is 6.07 Å². The number of hydrogen-bond donors (Lipinski definition) is 2. The van der Waals surface area contributed by atoms with Crippen LogP contribution in [-0.4, -0.2) is 42.0 Å². The van der Waals surface area contributed by atoms with Gasteiger partial charge < -0.3 is 15.2 Å². The van der Waals surface area contributed by atoms with Gasteiger partial charge in [-0.25, -0.2) is 0 Å². The summed E-state index contributed by atoms with van der Waals surface area (Å²) >= 11 is 3.36. The van der Waals surface area contributed by atoms with E-state index in [9.17, 15) is 9.59 Å². The van der Waals surface area contributed by atoms with Gasteiger partial charge in [0.2, 0.25) is 5.43 Å². The number of hydrogen-bond acceptors (Lipinski definition) is 3. The van der Waals surface area contributed by atoms with Crippen LogP contribution in [0.1, 0.15) is 30.6 Å². The summed E-state index contributed by atoms with van der Waals surface area (Å²) in [5.41, 5.74) is 0.623. The molecule has 0 spiro atoms. The Balaban J connectivity index is 0.00000288. The Morgan fingerprint density at radius 3 is 2.67 bits per heavy atom. The Labute approximate surface area is 156 Å². The van der Waals surface area contributed by atoms with E-state index in [4.69, 9.17) is 0 Å². The minimum absolute atomic E-state index is 0. The fourth-order valence-electron chi connectivity index (χ4n) is 2.50. The third-order valence-electron chi connectivity index (χ3n) is 3.92. The molecular weight excluding hydrogens is 394 g/mol. The Hall–Kier alpha value is -1.37. The lowest BCUT2D eigenvalue weighted by molar-refractivity contribution is 0.0950. The lowest BCUT2D eigenvalue weighted by Gasteiger charge is -2.17. The molecule has 1 aromatic carbocycles. The van der Waals surface area contributed by atoms with Crippen molar-refractivity contribution in [1.82, 2.24) is 15.2 Å². The van der Waals surface area contributed by atoms with Crippen molar-refractivity contribution in [2.24, 2.45) is 0 Å². The van der Waals surface area contributed by atoms with Crippen LogP contribution in [-0.2, 0) is 0 Å². The van der Waals surface area contributed by atoms with Crippen molar-refractivity contribution in [2.75, 3.05) is 26.2 Å². The maximum Gasteiger partial charge on any atom is 0.256 e. The Kier molecular flexibility index (Phi) is 8.45. The van der Waals surface area contributed by atoms with Gasteiger partial charge >= 0.3 is 0 Å². The Bertz CT molecular complexity index is 744. The Morgan fingerprint density at radius 2 is 2.00 bits per heavy atom. The lowest BCUT2D eigenvalue weighted by atomic mass is 10.1. The molecular formula is C17H23BrClN3O2. The van der Waals surface area contributed by atoms with Crippen LogP contribution >= 0.6 is 28.3 Å². The maximum absolute atomic E-state index is 12.4. The Morgan fingerprint density at radius 1 is 1.29 bits per heavy atom. The first-order valence-electron chi connectivity index (χ1n) is 7.88. The monoisotopic (exact) mass is 415 g/mol. The summed E-state index contributed by atoms with van der Waals surface area (Å²) in [6.45, 7) is 7.75. The first-order valence-corrected chi connectivity index (χ1v) is 8.67. The summed E-state index contributed by atoms with van der Waals surface area (Å²) in [5.74, 6) is -0.324. The lowest BCUT2D eigenvalue weighted by Crippen LogP contribution is -2.32. The molecule has 1 amide bonds.